The zero-order valence-corrected chi connectivity index (χ0v) is 13.1. The zero-order chi connectivity index (χ0) is 14.7. The first-order valence-corrected chi connectivity index (χ1v) is 8.30. The van der Waals surface area contributed by atoms with Crippen LogP contribution in [0.1, 0.15) is 23.4 Å². The average molecular weight is 299 g/mol. The minimum absolute atomic E-state index is 0.184. The van der Waals surface area contributed by atoms with Crippen LogP contribution in [0, 0.1) is 0 Å². The van der Waals surface area contributed by atoms with E-state index in [9.17, 15) is 0 Å². The number of para-hydroxylation sites is 1. The summed E-state index contributed by atoms with van der Waals surface area (Å²) in [5.74, 6) is 0. The summed E-state index contributed by atoms with van der Waals surface area (Å²) >= 11 is 1.83. The number of thiophene rings is 1. The highest BCUT2D eigenvalue weighted by molar-refractivity contribution is 7.09. The highest BCUT2D eigenvalue weighted by Gasteiger charge is 2.12. The molecule has 3 rings (SSSR count). The van der Waals surface area contributed by atoms with Gasteiger partial charge in [-0.2, -0.15) is 5.10 Å². The molecule has 0 amide bonds. The molecule has 0 aliphatic rings. The lowest BCUT2D eigenvalue weighted by atomic mass is 10.0. The number of hydrogen-bond acceptors (Lipinski definition) is 3. The van der Waals surface area contributed by atoms with E-state index in [1.165, 1.54) is 15.8 Å². The van der Waals surface area contributed by atoms with Crippen LogP contribution in [0.15, 0.2) is 41.8 Å². The van der Waals surface area contributed by atoms with Gasteiger partial charge in [0.15, 0.2) is 0 Å². The largest absolute Gasteiger partial charge is 0.327 e. The number of nitrogens with two attached hydrogens (primary N) is 1. The van der Waals surface area contributed by atoms with Crippen LogP contribution in [0.4, 0.5) is 0 Å². The van der Waals surface area contributed by atoms with E-state index in [1.807, 2.05) is 23.1 Å². The van der Waals surface area contributed by atoms with Crippen LogP contribution in [0.2, 0.25) is 0 Å². The molecule has 2 N–H and O–H groups in total. The van der Waals surface area contributed by atoms with Gasteiger partial charge in [-0.1, -0.05) is 24.3 Å². The first kappa shape index (κ1) is 14.3. The highest BCUT2D eigenvalue weighted by Crippen LogP contribution is 2.19. The van der Waals surface area contributed by atoms with Crippen molar-refractivity contribution < 1.29 is 0 Å². The van der Waals surface area contributed by atoms with Gasteiger partial charge < -0.3 is 5.73 Å². The fourth-order valence-corrected chi connectivity index (χ4v) is 3.53. The fourth-order valence-electron chi connectivity index (χ4n) is 2.78. The number of hydrogen-bond donors (Lipinski definition) is 1. The number of aryl methyl sites for hydroxylation is 2. The number of rotatable bonds is 6. The molecule has 3 aromatic rings. The Morgan fingerprint density at radius 1 is 1.24 bits per heavy atom. The summed E-state index contributed by atoms with van der Waals surface area (Å²) in [5.41, 5.74) is 8.60. The minimum atomic E-state index is 0.184. The smallest absolute Gasteiger partial charge is 0.0718 e. The molecule has 0 radical (unpaired) electrons. The molecule has 0 fully saturated rings. The first-order chi connectivity index (χ1) is 10.2. The van der Waals surface area contributed by atoms with Gasteiger partial charge in [-0.15, -0.1) is 11.3 Å². The molecule has 4 heteroatoms. The summed E-state index contributed by atoms with van der Waals surface area (Å²) in [7, 11) is 1.99. The molecular weight excluding hydrogens is 278 g/mol. The molecule has 3 nitrogen and oxygen atoms in total. The van der Waals surface area contributed by atoms with Crippen LogP contribution >= 0.6 is 11.3 Å². The summed E-state index contributed by atoms with van der Waals surface area (Å²) in [6.45, 7) is 0. The first-order valence-electron chi connectivity index (χ1n) is 7.42. The third kappa shape index (κ3) is 3.34. The summed E-state index contributed by atoms with van der Waals surface area (Å²) in [6.07, 6.45) is 4.18. The maximum atomic E-state index is 6.30. The second-order valence-electron chi connectivity index (χ2n) is 5.52. The molecule has 2 heterocycles. The van der Waals surface area contributed by atoms with Gasteiger partial charge in [-0.25, -0.2) is 0 Å². The predicted molar refractivity (Wildman–Crippen MR) is 89.7 cm³/mol. The maximum absolute atomic E-state index is 6.30. The van der Waals surface area contributed by atoms with E-state index in [-0.39, 0.29) is 6.04 Å². The summed E-state index contributed by atoms with van der Waals surface area (Å²) in [6, 6.07) is 12.8. The van der Waals surface area contributed by atoms with Crippen molar-refractivity contribution in [2.45, 2.75) is 31.7 Å². The normalized spacial score (nSPS) is 12.9. The van der Waals surface area contributed by atoms with Crippen molar-refractivity contribution in [2.24, 2.45) is 12.8 Å². The number of fused-ring (bicyclic) bond motifs is 1. The van der Waals surface area contributed by atoms with Crippen LogP contribution < -0.4 is 5.73 Å². The number of aromatic nitrogens is 2. The van der Waals surface area contributed by atoms with Crippen LogP contribution in [0.5, 0.6) is 0 Å². The van der Waals surface area contributed by atoms with Gasteiger partial charge in [0.1, 0.15) is 0 Å². The van der Waals surface area contributed by atoms with E-state index >= 15 is 0 Å². The molecule has 0 aliphatic heterocycles. The van der Waals surface area contributed by atoms with Gasteiger partial charge >= 0.3 is 0 Å². The monoisotopic (exact) mass is 299 g/mol. The van der Waals surface area contributed by atoms with Crippen LogP contribution in [-0.4, -0.2) is 15.8 Å². The van der Waals surface area contributed by atoms with Gasteiger partial charge in [0.05, 0.1) is 11.2 Å². The van der Waals surface area contributed by atoms with Gasteiger partial charge in [0.2, 0.25) is 0 Å². The van der Waals surface area contributed by atoms with E-state index in [4.69, 9.17) is 5.73 Å². The zero-order valence-electron chi connectivity index (χ0n) is 12.3. The van der Waals surface area contributed by atoms with Crippen molar-refractivity contribution in [3.63, 3.8) is 0 Å². The molecule has 0 spiro atoms. The molecular formula is C17H21N3S. The van der Waals surface area contributed by atoms with Crippen molar-refractivity contribution in [2.75, 3.05) is 0 Å². The molecule has 1 atom stereocenters. The lowest BCUT2D eigenvalue weighted by molar-refractivity contribution is 0.572. The topological polar surface area (TPSA) is 43.8 Å². The van der Waals surface area contributed by atoms with Crippen molar-refractivity contribution >= 4 is 22.2 Å². The van der Waals surface area contributed by atoms with E-state index in [1.54, 1.807) is 0 Å². The van der Waals surface area contributed by atoms with Gasteiger partial charge in [0, 0.05) is 29.8 Å². The van der Waals surface area contributed by atoms with Gasteiger partial charge in [0.25, 0.3) is 0 Å². The summed E-state index contributed by atoms with van der Waals surface area (Å²) in [5, 5.41) is 7.99. The molecule has 0 saturated carbocycles. The fraction of sp³-hybridized carbons (Fsp3) is 0.353. The second-order valence-corrected chi connectivity index (χ2v) is 6.56. The molecule has 110 valence electrons. The van der Waals surface area contributed by atoms with E-state index < -0.39 is 0 Å². The maximum Gasteiger partial charge on any atom is 0.0718 e. The SMILES string of the molecule is Cn1nc(CC(N)CCCc2cccs2)c2ccccc21. The summed E-state index contributed by atoms with van der Waals surface area (Å²) in [4.78, 5) is 1.45. The number of benzene rings is 1. The van der Waals surface area contributed by atoms with Crippen molar-refractivity contribution in [1.82, 2.24) is 9.78 Å². The number of nitrogens with zero attached hydrogens (tertiary/aromatic N) is 2. The molecule has 21 heavy (non-hydrogen) atoms. The van der Waals surface area contributed by atoms with E-state index in [2.05, 4.69) is 46.9 Å². The molecule has 2 aromatic heterocycles. The Morgan fingerprint density at radius 3 is 2.90 bits per heavy atom. The third-order valence-electron chi connectivity index (χ3n) is 3.87. The third-order valence-corrected chi connectivity index (χ3v) is 4.80. The Labute approximate surface area is 129 Å². The Morgan fingerprint density at radius 2 is 2.10 bits per heavy atom. The summed E-state index contributed by atoms with van der Waals surface area (Å²) < 4.78 is 1.95. The van der Waals surface area contributed by atoms with Gasteiger partial charge in [-0.3, -0.25) is 4.68 Å². The van der Waals surface area contributed by atoms with Crippen LogP contribution in [-0.2, 0) is 19.9 Å². The molecule has 0 saturated heterocycles. The van der Waals surface area contributed by atoms with Crippen molar-refractivity contribution in [3.05, 3.63) is 52.3 Å². The molecule has 1 unspecified atom stereocenters. The minimum Gasteiger partial charge on any atom is -0.327 e. The molecule has 0 bridgehead atoms. The van der Waals surface area contributed by atoms with Crippen molar-refractivity contribution in [3.8, 4) is 0 Å². The highest BCUT2D eigenvalue weighted by atomic mass is 32.1. The quantitative estimate of drug-likeness (QED) is 0.756. The Kier molecular flexibility index (Phi) is 4.36. The molecule has 0 aliphatic carbocycles. The van der Waals surface area contributed by atoms with E-state index in [0.29, 0.717) is 0 Å². The lowest BCUT2D eigenvalue weighted by Crippen LogP contribution is -2.23. The Hall–Kier alpha value is -1.65. The van der Waals surface area contributed by atoms with Gasteiger partial charge in [-0.05, 0) is 36.8 Å². The van der Waals surface area contributed by atoms with Crippen LogP contribution in [0.25, 0.3) is 10.9 Å². The van der Waals surface area contributed by atoms with E-state index in [0.717, 1.165) is 31.4 Å². The lowest BCUT2D eigenvalue weighted by Gasteiger charge is -2.09. The Balaban J connectivity index is 1.59. The van der Waals surface area contributed by atoms with Crippen LogP contribution in [0.3, 0.4) is 0 Å². The standard InChI is InChI=1S/C17H21N3S/c1-20-17-10-3-2-9-15(17)16(19-20)12-13(18)6-4-7-14-8-5-11-21-14/h2-3,5,8-11,13H,4,6-7,12,18H2,1H3. The second kappa shape index (κ2) is 6.41. The van der Waals surface area contributed by atoms with Crippen molar-refractivity contribution in [1.29, 1.82) is 0 Å². The Bertz CT molecular complexity index is 700. The molecule has 1 aromatic carbocycles. The average Bonchev–Trinajstić information content (AvgIpc) is 3.09. The predicted octanol–water partition coefficient (Wildman–Crippen LogP) is 3.53.